The van der Waals surface area contributed by atoms with E-state index in [-0.39, 0.29) is 17.2 Å². The van der Waals surface area contributed by atoms with Crippen LogP contribution in [-0.2, 0) is 21.1 Å². The van der Waals surface area contributed by atoms with Gasteiger partial charge < -0.3 is 5.32 Å². The Morgan fingerprint density at radius 3 is 2.48 bits per heavy atom. The van der Waals surface area contributed by atoms with Crippen molar-refractivity contribution in [3.63, 3.8) is 0 Å². The van der Waals surface area contributed by atoms with Crippen LogP contribution in [0.5, 0.6) is 0 Å². The summed E-state index contributed by atoms with van der Waals surface area (Å²) in [6.45, 7) is 3.29. The van der Waals surface area contributed by atoms with Gasteiger partial charge in [-0.2, -0.15) is 0 Å². The van der Waals surface area contributed by atoms with Crippen LogP contribution in [0.15, 0.2) is 58.9 Å². The summed E-state index contributed by atoms with van der Waals surface area (Å²) in [6.07, 6.45) is 1.83. The van der Waals surface area contributed by atoms with E-state index in [0.717, 1.165) is 11.3 Å². The monoisotopic (exact) mass is 401 g/mol. The minimum atomic E-state index is -3.31. The lowest BCUT2D eigenvalue weighted by Crippen LogP contribution is -2.15. The second-order valence-corrected chi connectivity index (χ2v) is 9.58. The van der Waals surface area contributed by atoms with Crippen LogP contribution in [-0.4, -0.2) is 29.5 Å². The summed E-state index contributed by atoms with van der Waals surface area (Å²) < 4.78 is 24.3. The standard InChI is InChI=1S/C19H19N3O3S2/c1-13(2)27(24,25)15-8-6-14(7-9-15)11-18(23)22-19-21-17(12-26-19)16-5-3-4-10-20-16/h3-10,12-13H,11H2,1-2H3,(H,21,22,23). The number of carbonyl (C=O) groups excluding carboxylic acids is 1. The molecule has 0 fully saturated rings. The molecule has 3 rings (SSSR count). The van der Waals surface area contributed by atoms with Crippen molar-refractivity contribution in [3.8, 4) is 11.4 Å². The molecule has 3 aromatic rings. The topological polar surface area (TPSA) is 89.0 Å². The molecule has 0 radical (unpaired) electrons. The molecule has 0 spiro atoms. The van der Waals surface area contributed by atoms with E-state index >= 15 is 0 Å². The number of amides is 1. The third-order valence-electron chi connectivity index (χ3n) is 3.92. The van der Waals surface area contributed by atoms with Crippen LogP contribution in [0.4, 0.5) is 5.13 Å². The SMILES string of the molecule is CC(C)S(=O)(=O)c1ccc(CC(=O)Nc2nc(-c3ccccn3)cs2)cc1. The van der Waals surface area contributed by atoms with Crippen molar-refractivity contribution in [2.24, 2.45) is 0 Å². The summed E-state index contributed by atoms with van der Waals surface area (Å²) in [5.74, 6) is -0.212. The molecule has 0 saturated carbocycles. The minimum absolute atomic E-state index is 0.139. The van der Waals surface area contributed by atoms with Gasteiger partial charge in [0.25, 0.3) is 0 Å². The van der Waals surface area contributed by atoms with Crippen molar-refractivity contribution >= 4 is 32.2 Å². The Hall–Kier alpha value is -2.58. The molecule has 27 heavy (non-hydrogen) atoms. The first kappa shape index (κ1) is 19.2. The maximum absolute atomic E-state index is 12.2. The highest BCUT2D eigenvalue weighted by Gasteiger charge is 2.19. The first-order valence-electron chi connectivity index (χ1n) is 8.36. The Balaban J connectivity index is 1.64. The maximum atomic E-state index is 12.2. The van der Waals surface area contributed by atoms with Gasteiger partial charge in [0.15, 0.2) is 15.0 Å². The number of aromatic nitrogens is 2. The normalized spacial score (nSPS) is 11.5. The minimum Gasteiger partial charge on any atom is -0.302 e. The predicted octanol–water partition coefficient (Wildman–Crippen LogP) is 3.57. The second-order valence-electron chi connectivity index (χ2n) is 6.22. The van der Waals surface area contributed by atoms with E-state index in [1.165, 1.54) is 11.3 Å². The molecule has 0 aliphatic heterocycles. The molecule has 1 aromatic carbocycles. The zero-order valence-electron chi connectivity index (χ0n) is 14.9. The summed E-state index contributed by atoms with van der Waals surface area (Å²) in [6, 6.07) is 12.0. The van der Waals surface area contributed by atoms with Crippen molar-refractivity contribution in [3.05, 3.63) is 59.6 Å². The quantitative estimate of drug-likeness (QED) is 0.682. The first-order chi connectivity index (χ1) is 12.9. The predicted molar refractivity (Wildman–Crippen MR) is 106 cm³/mol. The molecule has 0 saturated heterocycles. The number of hydrogen-bond donors (Lipinski definition) is 1. The number of nitrogens with one attached hydrogen (secondary N) is 1. The Labute approximate surface area is 162 Å². The Kier molecular flexibility index (Phi) is 5.67. The molecule has 8 heteroatoms. The van der Waals surface area contributed by atoms with Crippen molar-refractivity contribution in [1.82, 2.24) is 9.97 Å². The van der Waals surface area contributed by atoms with Crippen LogP contribution >= 0.6 is 11.3 Å². The maximum Gasteiger partial charge on any atom is 0.230 e. The van der Waals surface area contributed by atoms with Gasteiger partial charge in [-0.05, 0) is 43.7 Å². The third kappa shape index (κ3) is 4.58. The van der Waals surface area contributed by atoms with Crippen molar-refractivity contribution in [1.29, 1.82) is 0 Å². The highest BCUT2D eigenvalue weighted by molar-refractivity contribution is 7.92. The lowest BCUT2D eigenvalue weighted by atomic mass is 10.1. The van der Waals surface area contributed by atoms with Crippen molar-refractivity contribution in [2.45, 2.75) is 30.4 Å². The fourth-order valence-corrected chi connectivity index (χ4v) is 4.16. The molecule has 1 amide bonds. The van der Waals surface area contributed by atoms with Gasteiger partial charge in [-0.15, -0.1) is 11.3 Å². The summed E-state index contributed by atoms with van der Waals surface area (Å²) >= 11 is 1.33. The summed E-state index contributed by atoms with van der Waals surface area (Å²) in [5.41, 5.74) is 2.19. The largest absolute Gasteiger partial charge is 0.302 e. The van der Waals surface area contributed by atoms with Crippen LogP contribution in [0.1, 0.15) is 19.4 Å². The van der Waals surface area contributed by atoms with Gasteiger partial charge in [0.05, 0.1) is 22.3 Å². The van der Waals surface area contributed by atoms with E-state index in [1.54, 1.807) is 44.3 Å². The molecule has 0 aliphatic rings. The van der Waals surface area contributed by atoms with Gasteiger partial charge in [-0.25, -0.2) is 13.4 Å². The zero-order chi connectivity index (χ0) is 19.4. The van der Waals surface area contributed by atoms with E-state index in [4.69, 9.17) is 0 Å². The summed E-state index contributed by atoms with van der Waals surface area (Å²) in [5, 5.41) is 4.62. The average Bonchev–Trinajstić information content (AvgIpc) is 3.11. The van der Waals surface area contributed by atoms with Crippen LogP contribution in [0, 0.1) is 0 Å². The van der Waals surface area contributed by atoms with E-state index in [0.29, 0.717) is 10.8 Å². The molecule has 6 nitrogen and oxygen atoms in total. The van der Waals surface area contributed by atoms with E-state index in [9.17, 15) is 13.2 Å². The second kappa shape index (κ2) is 7.98. The van der Waals surface area contributed by atoms with Gasteiger partial charge in [-0.3, -0.25) is 9.78 Å². The molecular weight excluding hydrogens is 382 g/mol. The molecule has 1 N–H and O–H groups in total. The number of nitrogens with zero attached hydrogens (tertiary/aromatic N) is 2. The fraction of sp³-hybridized carbons (Fsp3) is 0.211. The Bertz CT molecular complexity index is 1030. The van der Waals surface area contributed by atoms with Crippen LogP contribution in [0.3, 0.4) is 0 Å². The van der Waals surface area contributed by atoms with Gasteiger partial charge in [0.2, 0.25) is 5.91 Å². The van der Waals surface area contributed by atoms with E-state index < -0.39 is 15.1 Å². The average molecular weight is 402 g/mol. The molecular formula is C19H19N3O3S2. The van der Waals surface area contributed by atoms with Crippen molar-refractivity contribution < 1.29 is 13.2 Å². The number of benzene rings is 1. The fourth-order valence-electron chi connectivity index (χ4n) is 2.38. The van der Waals surface area contributed by atoms with E-state index in [2.05, 4.69) is 15.3 Å². The molecule has 140 valence electrons. The van der Waals surface area contributed by atoms with Gasteiger partial charge >= 0.3 is 0 Å². The molecule has 0 atom stereocenters. The highest BCUT2D eigenvalue weighted by atomic mass is 32.2. The Morgan fingerprint density at radius 1 is 1.11 bits per heavy atom. The number of sulfone groups is 1. The van der Waals surface area contributed by atoms with Gasteiger partial charge in [0.1, 0.15) is 5.69 Å². The van der Waals surface area contributed by atoms with Gasteiger partial charge in [-0.1, -0.05) is 18.2 Å². The van der Waals surface area contributed by atoms with Crippen molar-refractivity contribution in [2.75, 3.05) is 5.32 Å². The number of pyridine rings is 1. The molecule has 0 unspecified atom stereocenters. The van der Waals surface area contributed by atoms with Crippen LogP contribution in [0.25, 0.3) is 11.4 Å². The number of hydrogen-bond acceptors (Lipinski definition) is 6. The first-order valence-corrected chi connectivity index (χ1v) is 10.8. The number of thiazole rings is 1. The molecule has 2 heterocycles. The van der Waals surface area contributed by atoms with Gasteiger partial charge in [0, 0.05) is 11.6 Å². The summed E-state index contributed by atoms with van der Waals surface area (Å²) in [4.78, 5) is 21.1. The number of anilines is 1. The Morgan fingerprint density at radius 2 is 1.85 bits per heavy atom. The lowest BCUT2D eigenvalue weighted by molar-refractivity contribution is -0.115. The third-order valence-corrected chi connectivity index (χ3v) is 6.84. The lowest BCUT2D eigenvalue weighted by Gasteiger charge is -2.08. The highest BCUT2D eigenvalue weighted by Crippen LogP contribution is 2.23. The zero-order valence-corrected chi connectivity index (χ0v) is 16.5. The molecule has 2 aromatic heterocycles. The summed E-state index contributed by atoms with van der Waals surface area (Å²) in [7, 11) is -3.31. The number of rotatable bonds is 6. The number of carbonyl (C=O) groups is 1. The molecule has 0 aliphatic carbocycles. The van der Waals surface area contributed by atoms with Crippen LogP contribution < -0.4 is 5.32 Å². The molecule has 0 bridgehead atoms. The van der Waals surface area contributed by atoms with E-state index in [1.807, 2.05) is 23.6 Å². The van der Waals surface area contributed by atoms with Crippen LogP contribution in [0.2, 0.25) is 0 Å². The smallest absolute Gasteiger partial charge is 0.230 e.